The van der Waals surface area contributed by atoms with Crippen molar-refractivity contribution in [2.24, 2.45) is 0 Å². The summed E-state index contributed by atoms with van der Waals surface area (Å²) >= 11 is 0. The summed E-state index contributed by atoms with van der Waals surface area (Å²) < 4.78 is 29.9. The maximum absolute atomic E-state index is 11.0. The van der Waals surface area contributed by atoms with E-state index in [1.165, 1.54) is 0 Å². The lowest BCUT2D eigenvalue weighted by Crippen LogP contribution is -2.21. The first kappa shape index (κ1) is 14.6. The van der Waals surface area contributed by atoms with Gasteiger partial charge in [0.1, 0.15) is 11.5 Å². The molecule has 1 aromatic carbocycles. The Morgan fingerprint density at radius 1 is 1.05 bits per heavy atom. The van der Waals surface area contributed by atoms with Crippen LogP contribution in [0.25, 0.3) is 0 Å². The van der Waals surface area contributed by atoms with Gasteiger partial charge >= 0.3 is 0 Å². The largest absolute Gasteiger partial charge is 0.465 e. The average molecular weight is 294 g/mol. The summed E-state index contributed by atoms with van der Waals surface area (Å²) in [6.45, 7) is 2.83. The minimum absolute atomic E-state index is 0.302. The molecule has 0 aliphatic heterocycles. The summed E-state index contributed by atoms with van der Waals surface area (Å²) in [6, 6.07) is 11.5. The van der Waals surface area contributed by atoms with Crippen LogP contribution in [-0.2, 0) is 23.1 Å². The van der Waals surface area contributed by atoms with E-state index in [0.717, 1.165) is 29.0 Å². The highest BCUT2D eigenvalue weighted by atomic mass is 32.2. The monoisotopic (exact) mass is 294 g/mol. The number of sulfonamides is 1. The number of rotatable bonds is 6. The van der Waals surface area contributed by atoms with Crippen molar-refractivity contribution in [1.82, 2.24) is 4.72 Å². The van der Waals surface area contributed by atoms with Crippen molar-refractivity contribution in [2.45, 2.75) is 20.0 Å². The lowest BCUT2D eigenvalue weighted by atomic mass is 10.2. The van der Waals surface area contributed by atoms with E-state index in [9.17, 15) is 8.42 Å². The van der Waals surface area contributed by atoms with Crippen LogP contribution in [0.1, 0.15) is 17.1 Å². The Bertz CT molecular complexity index is 660. The molecule has 0 aliphatic rings. The van der Waals surface area contributed by atoms with Gasteiger partial charge in [0, 0.05) is 12.2 Å². The van der Waals surface area contributed by atoms with Crippen molar-refractivity contribution in [3.63, 3.8) is 0 Å². The van der Waals surface area contributed by atoms with E-state index < -0.39 is 10.0 Å². The molecule has 0 spiro atoms. The zero-order valence-electron chi connectivity index (χ0n) is 11.5. The first-order valence-corrected chi connectivity index (χ1v) is 8.14. The van der Waals surface area contributed by atoms with E-state index in [1.54, 1.807) is 0 Å². The van der Waals surface area contributed by atoms with Crippen molar-refractivity contribution in [3.8, 4) is 0 Å². The van der Waals surface area contributed by atoms with Crippen LogP contribution in [0.3, 0.4) is 0 Å². The number of aryl methyl sites for hydroxylation is 1. The topological polar surface area (TPSA) is 71.3 Å². The Morgan fingerprint density at radius 2 is 1.75 bits per heavy atom. The third-order valence-corrected chi connectivity index (χ3v) is 3.42. The molecule has 0 saturated carbocycles. The molecule has 0 amide bonds. The zero-order chi connectivity index (χ0) is 14.6. The molecule has 108 valence electrons. The molecular weight excluding hydrogens is 276 g/mol. The number of hydrogen-bond donors (Lipinski definition) is 2. The van der Waals surface area contributed by atoms with E-state index in [1.807, 2.05) is 43.3 Å². The predicted octanol–water partition coefficient (Wildman–Crippen LogP) is 2.25. The van der Waals surface area contributed by atoms with E-state index in [2.05, 4.69) is 10.0 Å². The van der Waals surface area contributed by atoms with Crippen LogP contribution < -0.4 is 10.0 Å². The van der Waals surface area contributed by atoms with Gasteiger partial charge in [0.05, 0.1) is 12.8 Å². The lowest BCUT2D eigenvalue weighted by Gasteiger charge is -2.06. The average Bonchev–Trinajstić information content (AvgIpc) is 2.80. The molecule has 0 fully saturated rings. The fraction of sp³-hybridized carbons (Fsp3) is 0.286. The third kappa shape index (κ3) is 4.71. The Hall–Kier alpha value is -1.79. The molecule has 2 N–H and O–H groups in total. The van der Waals surface area contributed by atoms with E-state index in [4.69, 9.17) is 4.42 Å². The van der Waals surface area contributed by atoms with Gasteiger partial charge in [-0.25, -0.2) is 13.1 Å². The van der Waals surface area contributed by atoms with Crippen molar-refractivity contribution in [3.05, 3.63) is 53.5 Å². The molecule has 1 heterocycles. The molecule has 0 atom stereocenters. The van der Waals surface area contributed by atoms with E-state index in [-0.39, 0.29) is 0 Å². The van der Waals surface area contributed by atoms with Crippen LogP contribution in [0.5, 0.6) is 0 Å². The van der Waals surface area contributed by atoms with Crippen LogP contribution in [0.4, 0.5) is 5.69 Å². The minimum Gasteiger partial charge on any atom is -0.465 e. The van der Waals surface area contributed by atoms with Gasteiger partial charge in [-0.1, -0.05) is 12.1 Å². The van der Waals surface area contributed by atoms with Crippen molar-refractivity contribution >= 4 is 15.7 Å². The van der Waals surface area contributed by atoms with E-state index in [0.29, 0.717) is 13.1 Å². The minimum atomic E-state index is -3.15. The number of anilines is 1. The van der Waals surface area contributed by atoms with Gasteiger partial charge in [-0.3, -0.25) is 0 Å². The zero-order valence-corrected chi connectivity index (χ0v) is 12.3. The number of nitrogens with one attached hydrogen (secondary N) is 2. The smallest absolute Gasteiger partial charge is 0.209 e. The van der Waals surface area contributed by atoms with Crippen LogP contribution in [0.2, 0.25) is 0 Å². The van der Waals surface area contributed by atoms with Crippen LogP contribution in [-0.4, -0.2) is 14.7 Å². The molecule has 5 nitrogen and oxygen atoms in total. The summed E-state index contributed by atoms with van der Waals surface area (Å²) in [5.41, 5.74) is 1.87. The first-order valence-electron chi connectivity index (χ1n) is 6.25. The molecule has 0 radical (unpaired) electrons. The summed E-state index contributed by atoms with van der Waals surface area (Å²) in [4.78, 5) is 0. The van der Waals surface area contributed by atoms with Gasteiger partial charge in [-0.2, -0.15) is 0 Å². The fourth-order valence-corrected chi connectivity index (χ4v) is 2.15. The fourth-order valence-electron chi connectivity index (χ4n) is 1.72. The SMILES string of the molecule is Cc1ccc(CNc2ccc(CNS(C)(=O)=O)cc2)o1. The van der Waals surface area contributed by atoms with Crippen LogP contribution in [0, 0.1) is 6.92 Å². The predicted molar refractivity (Wildman–Crippen MR) is 78.9 cm³/mol. The maximum Gasteiger partial charge on any atom is 0.209 e. The first-order chi connectivity index (χ1) is 9.42. The molecular formula is C14H18N2O3S. The number of furan rings is 1. The highest BCUT2D eigenvalue weighted by Crippen LogP contribution is 2.13. The second-order valence-corrected chi connectivity index (χ2v) is 6.49. The normalized spacial score (nSPS) is 11.5. The van der Waals surface area contributed by atoms with Gasteiger partial charge in [-0.15, -0.1) is 0 Å². The highest BCUT2D eigenvalue weighted by Gasteiger charge is 2.02. The Kier molecular flexibility index (Phi) is 4.46. The van der Waals surface area contributed by atoms with Crippen LogP contribution in [0.15, 0.2) is 40.8 Å². The summed E-state index contributed by atoms with van der Waals surface area (Å²) in [5.74, 6) is 1.77. The second kappa shape index (κ2) is 6.11. The summed E-state index contributed by atoms with van der Waals surface area (Å²) in [7, 11) is -3.15. The molecule has 2 aromatic rings. The van der Waals surface area contributed by atoms with Crippen LogP contribution >= 0.6 is 0 Å². The molecule has 0 saturated heterocycles. The third-order valence-electron chi connectivity index (χ3n) is 2.76. The standard InChI is InChI=1S/C14H18N2O3S/c1-11-3-8-14(19-11)10-15-13-6-4-12(5-7-13)9-16-20(2,17)18/h3-8,15-16H,9-10H2,1-2H3. The number of hydrogen-bond acceptors (Lipinski definition) is 4. The Morgan fingerprint density at radius 3 is 2.30 bits per heavy atom. The van der Waals surface area contributed by atoms with Gasteiger partial charge in [0.25, 0.3) is 0 Å². The lowest BCUT2D eigenvalue weighted by molar-refractivity contribution is 0.490. The molecule has 6 heteroatoms. The Balaban J connectivity index is 1.88. The van der Waals surface area contributed by atoms with Gasteiger partial charge < -0.3 is 9.73 Å². The van der Waals surface area contributed by atoms with Gasteiger partial charge in [0.15, 0.2) is 0 Å². The molecule has 1 aromatic heterocycles. The Labute approximate surface area is 119 Å². The van der Waals surface area contributed by atoms with Gasteiger partial charge in [-0.05, 0) is 36.8 Å². The summed E-state index contributed by atoms with van der Waals surface area (Å²) in [5, 5.41) is 3.24. The molecule has 20 heavy (non-hydrogen) atoms. The van der Waals surface area contributed by atoms with E-state index >= 15 is 0 Å². The molecule has 0 bridgehead atoms. The molecule has 0 unspecified atom stereocenters. The van der Waals surface area contributed by atoms with Crippen molar-refractivity contribution in [1.29, 1.82) is 0 Å². The second-order valence-electron chi connectivity index (χ2n) is 4.66. The number of benzene rings is 1. The van der Waals surface area contributed by atoms with Gasteiger partial charge in [0.2, 0.25) is 10.0 Å². The molecule has 0 aliphatic carbocycles. The maximum atomic E-state index is 11.0. The highest BCUT2D eigenvalue weighted by molar-refractivity contribution is 7.88. The van der Waals surface area contributed by atoms with Crippen molar-refractivity contribution < 1.29 is 12.8 Å². The summed E-state index contributed by atoms with van der Waals surface area (Å²) in [6.07, 6.45) is 1.15. The van der Waals surface area contributed by atoms with Crippen molar-refractivity contribution in [2.75, 3.05) is 11.6 Å². The quantitative estimate of drug-likeness (QED) is 0.857. The molecule has 2 rings (SSSR count).